The number of aryl methyl sites for hydroxylation is 1. The first-order valence-electron chi connectivity index (χ1n) is 7.21. The fourth-order valence-electron chi connectivity index (χ4n) is 2.95. The zero-order valence-corrected chi connectivity index (χ0v) is 12.7. The van der Waals surface area contributed by atoms with Gasteiger partial charge in [-0.2, -0.15) is 5.10 Å². The zero-order valence-electron chi connectivity index (χ0n) is 12.7. The Morgan fingerprint density at radius 3 is 2.57 bits per heavy atom. The van der Waals surface area contributed by atoms with Crippen molar-refractivity contribution in [1.82, 2.24) is 9.78 Å². The number of nitrogens with zero attached hydrogens (tertiary/aromatic N) is 2. The number of hydrogen-bond donors (Lipinski definition) is 1. The Bertz CT molecular complexity index is 614. The second-order valence-electron chi connectivity index (χ2n) is 5.36. The van der Waals surface area contributed by atoms with E-state index in [4.69, 9.17) is 9.47 Å². The highest BCUT2D eigenvalue weighted by atomic mass is 16.5. The van der Waals surface area contributed by atoms with Gasteiger partial charge >= 0.3 is 0 Å². The molecule has 1 heterocycles. The molecule has 5 nitrogen and oxygen atoms in total. The minimum Gasteiger partial charge on any atom is -0.497 e. The molecule has 0 radical (unpaired) electrons. The number of fused-ring (bicyclic) bond motifs is 1. The standard InChI is InChI=1S/C16H21N3O2/c1-19-16-6-4-5-15(14(16)10-17-19)18-11-7-12(20-2)9-13(8-11)21-3/h7-10,15,18H,4-6H2,1-3H3. The lowest BCUT2D eigenvalue weighted by molar-refractivity contribution is 0.394. The lowest BCUT2D eigenvalue weighted by Gasteiger charge is -2.25. The van der Waals surface area contributed by atoms with E-state index in [1.54, 1.807) is 14.2 Å². The molecule has 1 aliphatic rings. The van der Waals surface area contributed by atoms with Crippen LogP contribution in [0.4, 0.5) is 5.69 Å². The predicted molar refractivity (Wildman–Crippen MR) is 82.1 cm³/mol. The molecule has 0 amide bonds. The molecular weight excluding hydrogens is 266 g/mol. The summed E-state index contributed by atoms with van der Waals surface area (Å²) in [7, 11) is 5.34. The van der Waals surface area contributed by atoms with Crippen LogP contribution in [-0.4, -0.2) is 24.0 Å². The molecule has 0 aliphatic heterocycles. The summed E-state index contributed by atoms with van der Waals surface area (Å²) < 4.78 is 12.6. The van der Waals surface area contributed by atoms with Crippen molar-refractivity contribution in [3.63, 3.8) is 0 Å². The Kier molecular flexibility index (Phi) is 3.73. The molecule has 1 aromatic heterocycles. The lowest BCUT2D eigenvalue weighted by Crippen LogP contribution is -2.17. The predicted octanol–water partition coefficient (Wildman–Crippen LogP) is 2.93. The van der Waals surface area contributed by atoms with Crippen LogP contribution in [0.5, 0.6) is 11.5 Å². The van der Waals surface area contributed by atoms with Gasteiger partial charge in [0.25, 0.3) is 0 Å². The molecule has 0 spiro atoms. The molecule has 1 aromatic carbocycles. The van der Waals surface area contributed by atoms with Crippen molar-refractivity contribution < 1.29 is 9.47 Å². The number of aromatic nitrogens is 2. The van der Waals surface area contributed by atoms with Gasteiger partial charge in [0.15, 0.2) is 0 Å². The van der Waals surface area contributed by atoms with E-state index in [0.29, 0.717) is 6.04 Å². The van der Waals surface area contributed by atoms with E-state index in [1.807, 2.05) is 36.1 Å². The van der Waals surface area contributed by atoms with Gasteiger partial charge in [-0.25, -0.2) is 0 Å². The van der Waals surface area contributed by atoms with Crippen LogP contribution in [0.25, 0.3) is 0 Å². The van der Waals surface area contributed by atoms with Crippen LogP contribution in [0, 0.1) is 0 Å². The van der Waals surface area contributed by atoms with Crippen LogP contribution in [0.3, 0.4) is 0 Å². The first kappa shape index (κ1) is 13.8. The molecule has 2 aromatic rings. The summed E-state index contributed by atoms with van der Waals surface area (Å²) in [5.41, 5.74) is 3.63. The third kappa shape index (κ3) is 2.68. The van der Waals surface area contributed by atoms with Crippen LogP contribution in [-0.2, 0) is 13.5 Å². The Morgan fingerprint density at radius 2 is 1.90 bits per heavy atom. The minimum absolute atomic E-state index is 0.291. The third-order valence-corrected chi connectivity index (χ3v) is 4.07. The molecule has 21 heavy (non-hydrogen) atoms. The van der Waals surface area contributed by atoms with Crippen molar-refractivity contribution in [2.75, 3.05) is 19.5 Å². The summed E-state index contributed by atoms with van der Waals surface area (Å²) in [6, 6.07) is 6.15. The molecule has 1 N–H and O–H groups in total. The zero-order chi connectivity index (χ0) is 14.8. The summed E-state index contributed by atoms with van der Waals surface area (Å²) in [6.07, 6.45) is 5.36. The largest absolute Gasteiger partial charge is 0.497 e. The third-order valence-electron chi connectivity index (χ3n) is 4.07. The Morgan fingerprint density at radius 1 is 1.19 bits per heavy atom. The lowest BCUT2D eigenvalue weighted by atomic mass is 9.93. The van der Waals surface area contributed by atoms with E-state index in [1.165, 1.54) is 17.7 Å². The van der Waals surface area contributed by atoms with Gasteiger partial charge in [-0.15, -0.1) is 0 Å². The molecule has 0 bridgehead atoms. The van der Waals surface area contributed by atoms with Crippen LogP contribution in [0.1, 0.15) is 30.1 Å². The monoisotopic (exact) mass is 287 g/mol. The number of rotatable bonds is 4. The SMILES string of the molecule is COc1cc(NC2CCCc3c2cnn3C)cc(OC)c1. The van der Waals surface area contributed by atoms with E-state index in [-0.39, 0.29) is 0 Å². The summed E-state index contributed by atoms with van der Waals surface area (Å²) in [5.74, 6) is 1.58. The number of anilines is 1. The van der Waals surface area contributed by atoms with Crippen molar-refractivity contribution in [2.45, 2.75) is 25.3 Å². The van der Waals surface area contributed by atoms with Crippen LogP contribution in [0.2, 0.25) is 0 Å². The average molecular weight is 287 g/mol. The number of methoxy groups -OCH3 is 2. The number of benzene rings is 1. The van der Waals surface area contributed by atoms with E-state index in [9.17, 15) is 0 Å². The van der Waals surface area contributed by atoms with Gasteiger partial charge in [0.2, 0.25) is 0 Å². The number of ether oxygens (including phenoxy) is 2. The summed E-state index contributed by atoms with van der Waals surface area (Å²) in [5, 5.41) is 7.97. The quantitative estimate of drug-likeness (QED) is 0.939. The normalized spacial score (nSPS) is 17.2. The maximum absolute atomic E-state index is 5.32. The van der Waals surface area contributed by atoms with E-state index in [0.717, 1.165) is 30.0 Å². The molecule has 5 heteroatoms. The Labute approximate surface area is 124 Å². The van der Waals surface area contributed by atoms with Gasteiger partial charge in [-0.3, -0.25) is 4.68 Å². The van der Waals surface area contributed by atoms with Gasteiger partial charge in [-0.1, -0.05) is 0 Å². The second-order valence-corrected chi connectivity index (χ2v) is 5.36. The fourth-order valence-corrected chi connectivity index (χ4v) is 2.95. The van der Waals surface area contributed by atoms with Crippen LogP contribution >= 0.6 is 0 Å². The molecule has 3 rings (SSSR count). The molecule has 0 saturated carbocycles. The first-order valence-corrected chi connectivity index (χ1v) is 7.21. The van der Waals surface area contributed by atoms with Gasteiger partial charge in [0, 0.05) is 42.2 Å². The number of hydrogen-bond acceptors (Lipinski definition) is 4. The van der Waals surface area contributed by atoms with Crippen molar-refractivity contribution >= 4 is 5.69 Å². The molecule has 112 valence electrons. The van der Waals surface area contributed by atoms with Gasteiger partial charge in [0.1, 0.15) is 11.5 Å². The first-order chi connectivity index (χ1) is 10.2. The van der Waals surface area contributed by atoms with E-state index in [2.05, 4.69) is 10.4 Å². The van der Waals surface area contributed by atoms with Crippen molar-refractivity contribution in [3.05, 3.63) is 35.7 Å². The topological polar surface area (TPSA) is 48.3 Å². The molecule has 1 atom stereocenters. The van der Waals surface area contributed by atoms with Gasteiger partial charge < -0.3 is 14.8 Å². The Balaban J connectivity index is 1.87. The highest BCUT2D eigenvalue weighted by Crippen LogP contribution is 2.34. The maximum Gasteiger partial charge on any atom is 0.124 e. The van der Waals surface area contributed by atoms with E-state index >= 15 is 0 Å². The van der Waals surface area contributed by atoms with Gasteiger partial charge in [-0.05, 0) is 19.3 Å². The van der Waals surface area contributed by atoms with Gasteiger partial charge in [0.05, 0.1) is 26.5 Å². The van der Waals surface area contributed by atoms with E-state index < -0.39 is 0 Å². The minimum atomic E-state index is 0.291. The van der Waals surface area contributed by atoms with Crippen LogP contribution < -0.4 is 14.8 Å². The summed E-state index contributed by atoms with van der Waals surface area (Å²) in [6.45, 7) is 0. The smallest absolute Gasteiger partial charge is 0.124 e. The molecular formula is C16H21N3O2. The Hall–Kier alpha value is -2.17. The highest BCUT2D eigenvalue weighted by Gasteiger charge is 2.23. The van der Waals surface area contributed by atoms with Crippen molar-refractivity contribution in [1.29, 1.82) is 0 Å². The summed E-state index contributed by atoms with van der Waals surface area (Å²) >= 11 is 0. The summed E-state index contributed by atoms with van der Waals surface area (Å²) in [4.78, 5) is 0. The van der Waals surface area contributed by atoms with Crippen LogP contribution in [0.15, 0.2) is 24.4 Å². The maximum atomic E-state index is 5.32. The number of nitrogens with one attached hydrogen (secondary N) is 1. The molecule has 1 unspecified atom stereocenters. The fraction of sp³-hybridized carbons (Fsp3) is 0.438. The average Bonchev–Trinajstić information content (AvgIpc) is 2.89. The highest BCUT2D eigenvalue weighted by molar-refractivity contribution is 5.55. The molecule has 0 fully saturated rings. The van der Waals surface area contributed by atoms with Crippen molar-refractivity contribution in [2.24, 2.45) is 7.05 Å². The molecule has 1 aliphatic carbocycles. The van der Waals surface area contributed by atoms with Crippen molar-refractivity contribution in [3.8, 4) is 11.5 Å². The second kappa shape index (κ2) is 5.68. The molecule has 0 saturated heterocycles.